The number of anilines is 1. The molecule has 3 rings (SSSR count). The molecule has 0 radical (unpaired) electrons. The van der Waals surface area contributed by atoms with Gasteiger partial charge in [0.05, 0.1) is 6.42 Å². The zero-order valence-corrected chi connectivity index (χ0v) is 16.8. The number of ether oxygens (including phenoxy) is 2. The highest BCUT2D eigenvalue weighted by molar-refractivity contribution is 6.05. The van der Waals surface area contributed by atoms with Crippen molar-refractivity contribution in [3.05, 3.63) is 53.6 Å². The number of nitrogens with one attached hydrogen (secondary N) is 2. The van der Waals surface area contributed by atoms with Crippen LogP contribution >= 0.6 is 0 Å². The van der Waals surface area contributed by atoms with E-state index in [9.17, 15) is 19.5 Å². The molecule has 0 spiro atoms. The molecule has 30 heavy (non-hydrogen) atoms. The van der Waals surface area contributed by atoms with Crippen LogP contribution < -0.4 is 20.1 Å². The van der Waals surface area contributed by atoms with Crippen LogP contribution in [0.25, 0.3) is 0 Å². The molecule has 1 atom stereocenters. The molecule has 3 N–H and O–H groups in total. The number of carboxylic acid groups (broad SMARTS) is 1. The summed E-state index contributed by atoms with van der Waals surface area (Å²) in [5.74, 6) is -0.642. The van der Waals surface area contributed by atoms with E-state index in [1.807, 2.05) is 13.8 Å². The highest BCUT2D eigenvalue weighted by Crippen LogP contribution is 2.32. The summed E-state index contributed by atoms with van der Waals surface area (Å²) in [6, 6.07) is 10.8. The minimum atomic E-state index is -1.07. The fourth-order valence-electron chi connectivity index (χ4n) is 3.14. The van der Waals surface area contributed by atoms with Gasteiger partial charge in [-0.15, -0.1) is 0 Å². The summed E-state index contributed by atoms with van der Waals surface area (Å²) in [5.41, 5.74) is 1.45. The maximum absolute atomic E-state index is 12.7. The minimum absolute atomic E-state index is 0.0561. The van der Waals surface area contributed by atoms with Crippen molar-refractivity contribution in [1.29, 1.82) is 0 Å². The van der Waals surface area contributed by atoms with Gasteiger partial charge in [-0.05, 0) is 42.2 Å². The summed E-state index contributed by atoms with van der Waals surface area (Å²) in [6.45, 7) is 3.90. The number of fused-ring (bicyclic) bond motifs is 1. The molecule has 0 bridgehead atoms. The molecule has 2 aromatic rings. The summed E-state index contributed by atoms with van der Waals surface area (Å²) in [7, 11) is 0. The van der Waals surface area contributed by atoms with Gasteiger partial charge >= 0.3 is 5.97 Å². The third kappa shape index (κ3) is 5.28. The summed E-state index contributed by atoms with van der Waals surface area (Å²) in [5, 5.41) is 14.7. The first-order valence-corrected chi connectivity index (χ1v) is 9.64. The lowest BCUT2D eigenvalue weighted by Crippen LogP contribution is -2.42. The Morgan fingerprint density at radius 3 is 2.53 bits per heavy atom. The largest absolute Gasteiger partial charge is 0.480 e. The lowest BCUT2D eigenvalue weighted by Gasteiger charge is -2.17. The molecule has 8 heteroatoms. The van der Waals surface area contributed by atoms with Crippen LogP contribution in [0.1, 0.15) is 36.2 Å². The van der Waals surface area contributed by atoms with E-state index >= 15 is 0 Å². The van der Waals surface area contributed by atoms with Crippen molar-refractivity contribution in [3.63, 3.8) is 0 Å². The van der Waals surface area contributed by atoms with Crippen molar-refractivity contribution in [1.82, 2.24) is 5.32 Å². The second kappa shape index (κ2) is 9.30. The van der Waals surface area contributed by atoms with Crippen molar-refractivity contribution in [2.24, 2.45) is 5.92 Å². The van der Waals surface area contributed by atoms with Crippen LogP contribution in [-0.2, 0) is 16.0 Å². The number of para-hydroxylation sites is 1. The Kier molecular flexibility index (Phi) is 6.56. The zero-order chi connectivity index (χ0) is 21.7. The Balaban J connectivity index is 1.69. The minimum Gasteiger partial charge on any atom is -0.480 e. The lowest BCUT2D eigenvalue weighted by atomic mass is 10.0. The summed E-state index contributed by atoms with van der Waals surface area (Å²) < 4.78 is 10.5. The summed E-state index contributed by atoms with van der Waals surface area (Å²) >= 11 is 0. The lowest BCUT2D eigenvalue weighted by molar-refractivity contribution is -0.142. The van der Waals surface area contributed by atoms with Crippen molar-refractivity contribution >= 4 is 23.5 Å². The third-order valence-corrected chi connectivity index (χ3v) is 4.59. The van der Waals surface area contributed by atoms with E-state index in [-0.39, 0.29) is 25.0 Å². The number of hydrogen-bond acceptors (Lipinski definition) is 5. The molecular weight excluding hydrogens is 388 g/mol. The molecule has 0 saturated carbocycles. The Labute approximate surface area is 174 Å². The fraction of sp³-hybridized carbons (Fsp3) is 0.318. The smallest absolute Gasteiger partial charge is 0.326 e. The predicted octanol–water partition coefficient (Wildman–Crippen LogP) is 2.83. The van der Waals surface area contributed by atoms with E-state index in [1.165, 1.54) is 0 Å². The Hall–Kier alpha value is -3.55. The molecule has 0 aliphatic carbocycles. The van der Waals surface area contributed by atoms with Gasteiger partial charge < -0.3 is 25.2 Å². The molecule has 2 amide bonds. The summed E-state index contributed by atoms with van der Waals surface area (Å²) in [6.07, 6.45) is 0.281. The standard InChI is InChI=1S/C22H24N2O6/c1-13(2)9-17(22(27)28)23-20(25)11-14-5-3-4-6-16(14)24-21(26)15-7-8-18-19(10-15)30-12-29-18/h3-8,10,13,17H,9,11-12H2,1-2H3,(H,23,25)(H,24,26)(H,27,28). The fourth-order valence-corrected chi connectivity index (χ4v) is 3.14. The van der Waals surface area contributed by atoms with Crippen LogP contribution in [0.4, 0.5) is 5.69 Å². The predicted molar refractivity (Wildman–Crippen MR) is 110 cm³/mol. The average Bonchev–Trinajstić information content (AvgIpc) is 3.16. The second-order valence-corrected chi connectivity index (χ2v) is 7.44. The third-order valence-electron chi connectivity index (χ3n) is 4.59. The first kappa shape index (κ1) is 21.2. The highest BCUT2D eigenvalue weighted by atomic mass is 16.7. The molecule has 1 aliphatic heterocycles. The van der Waals surface area contributed by atoms with E-state index < -0.39 is 17.9 Å². The Morgan fingerprint density at radius 1 is 1.07 bits per heavy atom. The van der Waals surface area contributed by atoms with Crippen LogP contribution in [0.5, 0.6) is 11.5 Å². The van der Waals surface area contributed by atoms with Gasteiger partial charge in [0.15, 0.2) is 11.5 Å². The molecule has 1 aliphatic rings. The quantitative estimate of drug-likeness (QED) is 0.614. The van der Waals surface area contributed by atoms with Gasteiger partial charge in [0.25, 0.3) is 5.91 Å². The number of amides is 2. The van der Waals surface area contributed by atoms with E-state index in [0.29, 0.717) is 34.7 Å². The number of carbonyl (C=O) groups is 3. The Bertz CT molecular complexity index is 956. The summed E-state index contributed by atoms with van der Waals surface area (Å²) in [4.78, 5) is 36.5. The first-order chi connectivity index (χ1) is 14.3. The number of hydrogen-bond donors (Lipinski definition) is 3. The SMILES string of the molecule is CC(C)CC(NC(=O)Cc1ccccc1NC(=O)c1ccc2c(c1)OCO2)C(=O)O. The van der Waals surface area contributed by atoms with Crippen LogP contribution in [0.2, 0.25) is 0 Å². The molecule has 0 fully saturated rings. The number of benzene rings is 2. The number of rotatable bonds is 8. The number of carbonyl (C=O) groups excluding carboxylic acids is 2. The Morgan fingerprint density at radius 2 is 1.80 bits per heavy atom. The van der Waals surface area contributed by atoms with Gasteiger partial charge in [-0.2, -0.15) is 0 Å². The van der Waals surface area contributed by atoms with Crippen molar-refractivity contribution in [2.75, 3.05) is 12.1 Å². The average molecular weight is 412 g/mol. The van der Waals surface area contributed by atoms with Crippen molar-refractivity contribution < 1.29 is 29.0 Å². The highest BCUT2D eigenvalue weighted by Gasteiger charge is 2.22. The van der Waals surface area contributed by atoms with E-state index in [4.69, 9.17) is 9.47 Å². The van der Waals surface area contributed by atoms with Gasteiger partial charge in [0.1, 0.15) is 6.04 Å². The van der Waals surface area contributed by atoms with E-state index in [1.54, 1.807) is 42.5 Å². The number of carboxylic acids is 1. The monoisotopic (exact) mass is 412 g/mol. The molecule has 1 heterocycles. The van der Waals surface area contributed by atoms with Gasteiger partial charge in [-0.1, -0.05) is 32.0 Å². The van der Waals surface area contributed by atoms with Gasteiger partial charge in [0.2, 0.25) is 12.7 Å². The van der Waals surface area contributed by atoms with Crippen LogP contribution in [0, 0.1) is 5.92 Å². The molecule has 2 aromatic carbocycles. The van der Waals surface area contributed by atoms with Gasteiger partial charge in [-0.25, -0.2) is 4.79 Å². The zero-order valence-electron chi connectivity index (χ0n) is 16.8. The maximum Gasteiger partial charge on any atom is 0.326 e. The normalized spacial score (nSPS) is 13.0. The molecule has 0 saturated heterocycles. The molecule has 8 nitrogen and oxygen atoms in total. The van der Waals surface area contributed by atoms with Crippen LogP contribution in [0.3, 0.4) is 0 Å². The second-order valence-electron chi connectivity index (χ2n) is 7.44. The van der Waals surface area contributed by atoms with E-state index in [2.05, 4.69) is 10.6 Å². The molecular formula is C22H24N2O6. The van der Waals surface area contributed by atoms with Crippen molar-refractivity contribution in [2.45, 2.75) is 32.7 Å². The molecule has 0 aromatic heterocycles. The number of aliphatic carboxylic acids is 1. The first-order valence-electron chi connectivity index (χ1n) is 9.64. The van der Waals surface area contributed by atoms with Crippen LogP contribution in [0.15, 0.2) is 42.5 Å². The molecule has 158 valence electrons. The topological polar surface area (TPSA) is 114 Å². The maximum atomic E-state index is 12.7. The van der Waals surface area contributed by atoms with Gasteiger partial charge in [-0.3, -0.25) is 9.59 Å². The van der Waals surface area contributed by atoms with E-state index in [0.717, 1.165) is 0 Å². The van der Waals surface area contributed by atoms with Crippen LogP contribution in [-0.4, -0.2) is 35.7 Å². The van der Waals surface area contributed by atoms with Gasteiger partial charge in [0, 0.05) is 11.3 Å². The molecule has 1 unspecified atom stereocenters. The van der Waals surface area contributed by atoms with Crippen molar-refractivity contribution in [3.8, 4) is 11.5 Å².